The molecule has 2 aromatic rings. The van der Waals surface area contributed by atoms with Gasteiger partial charge in [-0.2, -0.15) is 0 Å². The molecule has 0 atom stereocenters. The molecule has 0 fully saturated rings. The van der Waals surface area contributed by atoms with Gasteiger partial charge >= 0.3 is 0 Å². The maximum Gasteiger partial charge on any atom is 0.0864 e. The van der Waals surface area contributed by atoms with Crippen LogP contribution in [0.4, 0.5) is 0 Å². The predicted molar refractivity (Wildman–Crippen MR) is 61.7 cm³/mol. The van der Waals surface area contributed by atoms with E-state index in [0.717, 1.165) is 5.69 Å². The third-order valence-electron chi connectivity index (χ3n) is 2.62. The summed E-state index contributed by atoms with van der Waals surface area (Å²) >= 11 is 0. The Morgan fingerprint density at radius 1 is 1.20 bits per heavy atom. The summed E-state index contributed by atoms with van der Waals surface area (Å²) in [5.41, 5.74) is 4.91. The SMILES string of the molecule is COCc1[nH]cc(-c2ccccc2)c1C. The number of methoxy groups -OCH3 is 1. The molecule has 0 unspecified atom stereocenters. The van der Waals surface area contributed by atoms with E-state index in [1.54, 1.807) is 7.11 Å². The van der Waals surface area contributed by atoms with Crippen LogP contribution in [-0.2, 0) is 11.3 Å². The fourth-order valence-electron chi connectivity index (χ4n) is 1.75. The number of aromatic amines is 1. The van der Waals surface area contributed by atoms with Crippen LogP contribution in [0.15, 0.2) is 36.5 Å². The van der Waals surface area contributed by atoms with E-state index < -0.39 is 0 Å². The average Bonchev–Trinajstić information content (AvgIpc) is 2.63. The van der Waals surface area contributed by atoms with E-state index >= 15 is 0 Å². The summed E-state index contributed by atoms with van der Waals surface area (Å²) in [5.74, 6) is 0. The number of nitrogens with one attached hydrogen (secondary N) is 1. The Kier molecular flexibility index (Phi) is 2.88. The van der Waals surface area contributed by atoms with Crippen LogP contribution in [0.3, 0.4) is 0 Å². The zero-order valence-electron chi connectivity index (χ0n) is 9.08. The minimum absolute atomic E-state index is 0.638. The lowest BCUT2D eigenvalue weighted by molar-refractivity contribution is 0.181. The molecule has 0 bridgehead atoms. The summed E-state index contributed by atoms with van der Waals surface area (Å²) in [6, 6.07) is 10.4. The summed E-state index contributed by atoms with van der Waals surface area (Å²) in [6.07, 6.45) is 2.04. The van der Waals surface area contributed by atoms with Crippen LogP contribution in [0.25, 0.3) is 11.1 Å². The van der Waals surface area contributed by atoms with E-state index in [9.17, 15) is 0 Å². The van der Waals surface area contributed by atoms with Gasteiger partial charge in [-0.25, -0.2) is 0 Å². The van der Waals surface area contributed by atoms with Crippen molar-refractivity contribution in [2.75, 3.05) is 7.11 Å². The third kappa shape index (κ3) is 1.95. The molecule has 1 aromatic heterocycles. The van der Waals surface area contributed by atoms with Crippen LogP contribution in [-0.4, -0.2) is 12.1 Å². The summed E-state index contributed by atoms with van der Waals surface area (Å²) < 4.78 is 5.13. The lowest BCUT2D eigenvalue weighted by Gasteiger charge is -2.01. The summed E-state index contributed by atoms with van der Waals surface area (Å²) in [5, 5.41) is 0. The highest BCUT2D eigenvalue weighted by atomic mass is 16.5. The number of H-pyrrole nitrogens is 1. The van der Waals surface area contributed by atoms with Crippen molar-refractivity contribution >= 4 is 0 Å². The van der Waals surface area contributed by atoms with Crippen LogP contribution in [0.2, 0.25) is 0 Å². The first-order valence-electron chi connectivity index (χ1n) is 5.04. The molecule has 0 aliphatic carbocycles. The fraction of sp³-hybridized carbons (Fsp3) is 0.231. The average molecular weight is 201 g/mol. The number of rotatable bonds is 3. The largest absolute Gasteiger partial charge is 0.378 e. The van der Waals surface area contributed by atoms with E-state index in [-0.39, 0.29) is 0 Å². The van der Waals surface area contributed by atoms with Gasteiger partial charge in [-0.15, -0.1) is 0 Å². The Labute approximate surface area is 89.9 Å². The molecule has 0 radical (unpaired) electrons. The van der Waals surface area contributed by atoms with Gasteiger partial charge in [-0.05, 0) is 18.1 Å². The Morgan fingerprint density at radius 3 is 2.60 bits per heavy atom. The second kappa shape index (κ2) is 4.32. The van der Waals surface area contributed by atoms with E-state index in [1.165, 1.54) is 16.7 Å². The van der Waals surface area contributed by atoms with Gasteiger partial charge in [0.15, 0.2) is 0 Å². The number of aromatic nitrogens is 1. The Bertz CT molecular complexity index is 431. The van der Waals surface area contributed by atoms with Gasteiger partial charge in [0.1, 0.15) is 0 Å². The van der Waals surface area contributed by atoms with Gasteiger partial charge in [0.05, 0.1) is 6.61 Å². The maximum absolute atomic E-state index is 5.13. The van der Waals surface area contributed by atoms with Crippen molar-refractivity contribution < 1.29 is 4.74 Å². The third-order valence-corrected chi connectivity index (χ3v) is 2.62. The molecular weight excluding hydrogens is 186 g/mol. The zero-order chi connectivity index (χ0) is 10.7. The molecule has 1 aromatic carbocycles. The number of hydrogen-bond acceptors (Lipinski definition) is 1. The molecule has 1 heterocycles. The van der Waals surface area contributed by atoms with Crippen LogP contribution in [0, 0.1) is 6.92 Å². The number of ether oxygens (including phenoxy) is 1. The minimum atomic E-state index is 0.638. The lowest BCUT2D eigenvalue weighted by atomic mass is 10.0. The van der Waals surface area contributed by atoms with E-state index in [1.807, 2.05) is 12.3 Å². The van der Waals surface area contributed by atoms with Crippen molar-refractivity contribution in [1.29, 1.82) is 0 Å². The molecule has 0 spiro atoms. The molecule has 0 saturated heterocycles. The van der Waals surface area contributed by atoms with Gasteiger partial charge in [-0.3, -0.25) is 0 Å². The van der Waals surface area contributed by atoms with Crippen LogP contribution >= 0.6 is 0 Å². The van der Waals surface area contributed by atoms with Crippen molar-refractivity contribution in [3.63, 3.8) is 0 Å². The van der Waals surface area contributed by atoms with Gasteiger partial charge in [0.2, 0.25) is 0 Å². The normalized spacial score (nSPS) is 10.5. The molecule has 2 nitrogen and oxygen atoms in total. The van der Waals surface area contributed by atoms with Gasteiger partial charge in [-0.1, -0.05) is 30.3 Å². The smallest absolute Gasteiger partial charge is 0.0864 e. The molecule has 0 saturated carbocycles. The molecular formula is C13H15NO. The highest BCUT2D eigenvalue weighted by Crippen LogP contribution is 2.25. The number of benzene rings is 1. The van der Waals surface area contributed by atoms with Crippen molar-refractivity contribution in [1.82, 2.24) is 4.98 Å². The second-order valence-corrected chi connectivity index (χ2v) is 3.60. The molecule has 1 N–H and O–H groups in total. The summed E-state index contributed by atoms with van der Waals surface area (Å²) in [6.45, 7) is 2.76. The molecule has 15 heavy (non-hydrogen) atoms. The monoisotopic (exact) mass is 201 g/mol. The van der Waals surface area contributed by atoms with Crippen molar-refractivity contribution in [3.05, 3.63) is 47.8 Å². The summed E-state index contributed by atoms with van der Waals surface area (Å²) in [4.78, 5) is 3.25. The first kappa shape index (κ1) is 9.99. The quantitative estimate of drug-likeness (QED) is 0.810. The standard InChI is InChI=1S/C13H15NO/c1-10-12(8-14-13(10)9-15-2)11-6-4-3-5-7-11/h3-8,14H,9H2,1-2H3. The summed E-state index contributed by atoms with van der Waals surface area (Å²) in [7, 11) is 1.71. The van der Waals surface area contributed by atoms with E-state index in [2.05, 4.69) is 36.2 Å². The molecule has 2 heteroatoms. The Morgan fingerprint density at radius 2 is 1.93 bits per heavy atom. The predicted octanol–water partition coefficient (Wildman–Crippen LogP) is 3.14. The molecule has 78 valence electrons. The van der Waals surface area contributed by atoms with Gasteiger partial charge < -0.3 is 9.72 Å². The van der Waals surface area contributed by atoms with Crippen molar-refractivity contribution in [2.24, 2.45) is 0 Å². The molecule has 0 amide bonds. The second-order valence-electron chi connectivity index (χ2n) is 3.60. The topological polar surface area (TPSA) is 25.0 Å². The van der Waals surface area contributed by atoms with Crippen molar-refractivity contribution in [3.8, 4) is 11.1 Å². The van der Waals surface area contributed by atoms with Crippen LogP contribution in [0.5, 0.6) is 0 Å². The highest BCUT2D eigenvalue weighted by Gasteiger charge is 2.07. The van der Waals surface area contributed by atoms with Crippen LogP contribution < -0.4 is 0 Å². The maximum atomic E-state index is 5.13. The fourth-order valence-corrected chi connectivity index (χ4v) is 1.75. The van der Waals surface area contributed by atoms with Crippen molar-refractivity contribution in [2.45, 2.75) is 13.5 Å². The molecule has 2 rings (SSSR count). The Hall–Kier alpha value is -1.54. The Balaban J connectivity index is 2.38. The highest BCUT2D eigenvalue weighted by molar-refractivity contribution is 5.67. The minimum Gasteiger partial charge on any atom is -0.378 e. The first-order valence-corrected chi connectivity index (χ1v) is 5.04. The zero-order valence-corrected chi connectivity index (χ0v) is 9.08. The number of hydrogen-bond donors (Lipinski definition) is 1. The van der Waals surface area contributed by atoms with E-state index in [0.29, 0.717) is 6.61 Å². The van der Waals surface area contributed by atoms with E-state index in [4.69, 9.17) is 4.74 Å². The molecule has 0 aliphatic rings. The van der Waals surface area contributed by atoms with Gasteiger partial charge in [0, 0.05) is 24.6 Å². The lowest BCUT2D eigenvalue weighted by Crippen LogP contribution is -1.89. The molecule has 0 aliphatic heterocycles. The first-order chi connectivity index (χ1) is 7.33. The van der Waals surface area contributed by atoms with Gasteiger partial charge in [0.25, 0.3) is 0 Å². The van der Waals surface area contributed by atoms with Crippen LogP contribution in [0.1, 0.15) is 11.3 Å².